The van der Waals surface area contributed by atoms with Gasteiger partial charge in [0.15, 0.2) is 0 Å². The number of aryl methyl sites for hydroxylation is 1. The van der Waals surface area contributed by atoms with Crippen molar-refractivity contribution < 1.29 is 14.8 Å². The molecule has 7 nitrogen and oxygen atoms in total. The number of nitrogens with zero attached hydrogens (tertiary/aromatic N) is 2. The van der Waals surface area contributed by atoms with Gasteiger partial charge in [0, 0.05) is 11.8 Å². The van der Waals surface area contributed by atoms with Gasteiger partial charge < -0.3 is 10.4 Å². The average molecular weight is 273 g/mol. The fourth-order valence-corrected chi connectivity index (χ4v) is 1.60. The molecule has 0 aliphatic carbocycles. The summed E-state index contributed by atoms with van der Waals surface area (Å²) in [5.74, 6) is -1.30. The van der Waals surface area contributed by atoms with Crippen LogP contribution in [0.5, 0.6) is 5.75 Å². The number of nitro groups is 1. The van der Waals surface area contributed by atoms with Crippen molar-refractivity contribution in [3.8, 4) is 5.75 Å². The number of phenols is 1. The van der Waals surface area contributed by atoms with Gasteiger partial charge >= 0.3 is 5.69 Å². The molecule has 1 aromatic carbocycles. The minimum absolute atomic E-state index is 0.167. The second-order valence-electron chi connectivity index (χ2n) is 4.07. The zero-order valence-electron chi connectivity index (χ0n) is 10.5. The van der Waals surface area contributed by atoms with E-state index in [4.69, 9.17) is 0 Å². The van der Waals surface area contributed by atoms with E-state index >= 15 is 0 Å². The standard InChI is InChI=1S/C13H11N3O4/c1-8-5-6-9(7-14-8)15-13(18)10-3-2-4-11(12(10)17)16(19)20/h2-7,17H,1H3,(H,15,18). The molecule has 0 atom stereocenters. The number of carbonyl (C=O) groups excluding carboxylic acids is 1. The minimum Gasteiger partial charge on any atom is -0.502 e. The third kappa shape index (κ3) is 2.72. The van der Waals surface area contributed by atoms with Crippen LogP contribution in [-0.4, -0.2) is 20.9 Å². The number of amides is 1. The highest BCUT2D eigenvalue weighted by molar-refractivity contribution is 6.06. The molecule has 0 aliphatic heterocycles. The molecule has 0 fully saturated rings. The number of aromatic nitrogens is 1. The second kappa shape index (κ2) is 5.35. The van der Waals surface area contributed by atoms with Crippen molar-refractivity contribution in [3.63, 3.8) is 0 Å². The molecule has 20 heavy (non-hydrogen) atoms. The number of hydrogen-bond acceptors (Lipinski definition) is 5. The SMILES string of the molecule is Cc1ccc(NC(=O)c2cccc([N+](=O)[O-])c2O)cn1. The van der Waals surface area contributed by atoms with E-state index in [1.807, 2.05) is 0 Å². The zero-order valence-corrected chi connectivity index (χ0v) is 10.5. The van der Waals surface area contributed by atoms with Crippen molar-refractivity contribution in [1.29, 1.82) is 0 Å². The van der Waals surface area contributed by atoms with Crippen LogP contribution in [0.25, 0.3) is 0 Å². The Bertz CT molecular complexity index is 668. The number of carbonyl (C=O) groups is 1. The Morgan fingerprint density at radius 3 is 2.70 bits per heavy atom. The van der Waals surface area contributed by atoms with Gasteiger partial charge in [0.1, 0.15) is 0 Å². The van der Waals surface area contributed by atoms with E-state index in [2.05, 4.69) is 10.3 Å². The maximum absolute atomic E-state index is 12.0. The highest BCUT2D eigenvalue weighted by Gasteiger charge is 2.20. The van der Waals surface area contributed by atoms with Gasteiger partial charge in [0.25, 0.3) is 5.91 Å². The molecule has 2 N–H and O–H groups in total. The smallest absolute Gasteiger partial charge is 0.311 e. The summed E-state index contributed by atoms with van der Waals surface area (Å²) in [5, 5.41) is 22.9. The number of phenolic OH excluding ortho intramolecular Hbond substituents is 1. The molecular formula is C13H11N3O4. The number of para-hydroxylation sites is 1. The van der Waals surface area contributed by atoms with E-state index in [9.17, 15) is 20.0 Å². The lowest BCUT2D eigenvalue weighted by atomic mass is 10.1. The molecule has 0 radical (unpaired) electrons. The summed E-state index contributed by atoms with van der Waals surface area (Å²) in [4.78, 5) is 25.9. The Balaban J connectivity index is 2.28. The number of nitrogens with one attached hydrogen (secondary N) is 1. The molecular weight excluding hydrogens is 262 g/mol. The molecule has 0 aliphatic rings. The van der Waals surface area contributed by atoms with E-state index in [-0.39, 0.29) is 5.56 Å². The Hall–Kier alpha value is -2.96. The Kier molecular flexibility index (Phi) is 3.60. The number of hydrogen-bond donors (Lipinski definition) is 2. The summed E-state index contributed by atoms with van der Waals surface area (Å²) in [6.07, 6.45) is 1.46. The molecule has 2 rings (SSSR count). The maximum atomic E-state index is 12.0. The first-order chi connectivity index (χ1) is 9.49. The summed E-state index contributed by atoms with van der Waals surface area (Å²) in [7, 11) is 0. The van der Waals surface area contributed by atoms with Gasteiger partial charge in [-0.2, -0.15) is 0 Å². The van der Waals surface area contributed by atoms with Crippen LogP contribution >= 0.6 is 0 Å². The topological polar surface area (TPSA) is 105 Å². The van der Waals surface area contributed by atoms with E-state index < -0.39 is 22.3 Å². The van der Waals surface area contributed by atoms with E-state index in [1.165, 1.54) is 18.3 Å². The number of pyridine rings is 1. The molecule has 0 saturated carbocycles. The normalized spacial score (nSPS) is 10.1. The lowest BCUT2D eigenvalue weighted by Crippen LogP contribution is -2.12. The Labute approximate surface area is 114 Å². The third-order valence-corrected chi connectivity index (χ3v) is 2.63. The fraction of sp³-hybridized carbons (Fsp3) is 0.0769. The largest absolute Gasteiger partial charge is 0.502 e. The summed E-state index contributed by atoms with van der Waals surface area (Å²) in [6, 6.07) is 7.12. The first kappa shape index (κ1) is 13.5. The van der Waals surface area contributed by atoms with Crippen LogP contribution in [-0.2, 0) is 0 Å². The van der Waals surface area contributed by atoms with Gasteiger partial charge in [0.05, 0.1) is 22.4 Å². The van der Waals surface area contributed by atoms with Crippen LogP contribution < -0.4 is 5.32 Å². The number of rotatable bonds is 3. The Morgan fingerprint density at radius 2 is 2.10 bits per heavy atom. The van der Waals surface area contributed by atoms with Gasteiger partial charge in [0.2, 0.25) is 5.75 Å². The molecule has 0 unspecified atom stereocenters. The van der Waals surface area contributed by atoms with Crippen molar-refractivity contribution >= 4 is 17.3 Å². The summed E-state index contributed by atoms with van der Waals surface area (Å²) in [6.45, 7) is 1.80. The van der Waals surface area contributed by atoms with Crippen molar-refractivity contribution in [3.05, 3.63) is 57.9 Å². The lowest BCUT2D eigenvalue weighted by Gasteiger charge is -2.06. The molecule has 2 aromatic rings. The minimum atomic E-state index is -0.750. The lowest BCUT2D eigenvalue weighted by molar-refractivity contribution is -0.385. The number of anilines is 1. The quantitative estimate of drug-likeness (QED) is 0.659. The average Bonchev–Trinajstić information content (AvgIpc) is 2.41. The number of aromatic hydroxyl groups is 1. The van der Waals surface area contributed by atoms with Crippen molar-refractivity contribution in [1.82, 2.24) is 4.98 Å². The fourth-order valence-electron chi connectivity index (χ4n) is 1.60. The number of nitro benzene ring substituents is 1. The van der Waals surface area contributed by atoms with E-state index in [0.717, 1.165) is 11.8 Å². The zero-order chi connectivity index (χ0) is 14.7. The van der Waals surface area contributed by atoms with Crippen LogP contribution in [0.4, 0.5) is 11.4 Å². The van der Waals surface area contributed by atoms with Crippen LogP contribution in [0.15, 0.2) is 36.5 Å². The molecule has 7 heteroatoms. The third-order valence-electron chi connectivity index (χ3n) is 2.63. The summed E-state index contributed by atoms with van der Waals surface area (Å²) < 4.78 is 0. The van der Waals surface area contributed by atoms with E-state index in [1.54, 1.807) is 19.1 Å². The first-order valence-electron chi connectivity index (χ1n) is 5.69. The van der Waals surface area contributed by atoms with Crippen LogP contribution in [0.1, 0.15) is 16.1 Å². The Morgan fingerprint density at radius 1 is 1.35 bits per heavy atom. The first-order valence-corrected chi connectivity index (χ1v) is 5.69. The van der Waals surface area contributed by atoms with Crippen LogP contribution in [0.3, 0.4) is 0 Å². The molecule has 102 valence electrons. The van der Waals surface area contributed by atoms with Gasteiger partial charge in [-0.25, -0.2) is 0 Å². The summed E-state index contributed by atoms with van der Waals surface area (Å²) in [5.41, 5.74) is 0.548. The predicted molar refractivity (Wildman–Crippen MR) is 71.7 cm³/mol. The maximum Gasteiger partial charge on any atom is 0.311 e. The molecule has 1 heterocycles. The molecule has 1 amide bonds. The van der Waals surface area contributed by atoms with Crippen molar-refractivity contribution in [2.24, 2.45) is 0 Å². The highest BCUT2D eigenvalue weighted by Crippen LogP contribution is 2.29. The molecule has 1 aromatic heterocycles. The molecule has 0 saturated heterocycles. The predicted octanol–water partition coefficient (Wildman–Crippen LogP) is 2.26. The van der Waals surface area contributed by atoms with E-state index in [0.29, 0.717) is 5.69 Å². The van der Waals surface area contributed by atoms with Crippen molar-refractivity contribution in [2.75, 3.05) is 5.32 Å². The van der Waals surface area contributed by atoms with Gasteiger partial charge in [-0.05, 0) is 25.1 Å². The van der Waals surface area contributed by atoms with Crippen molar-refractivity contribution in [2.45, 2.75) is 6.92 Å². The highest BCUT2D eigenvalue weighted by atomic mass is 16.6. The number of benzene rings is 1. The van der Waals surface area contributed by atoms with Gasteiger partial charge in [-0.1, -0.05) is 6.07 Å². The summed E-state index contributed by atoms with van der Waals surface area (Å²) >= 11 is 0. The van der Waals surface area contributed by atoms with Gasteiger partial charge in [-0.3, -0.25) is 19.9 Å². The van der Waals surface area contributed by atoms with Crippen LogP contribution in [0.2, 0.25) is 0 Å². The van der Waals surface area contributed by atoms with Gasteiger partial charge in [-0.15, -0.1) is 0 Å². The monoisotopic (exact) mass is 273 g/mol. The van der Waals surface area contributed by atoms with Crippen LogP contribution in [0, 0.1) is 17.0 Å². The second-order valence-corrected chi connectivity index (χ2v) is 4.07. The molecule has 0 bridgehead atoms. The molecule has 0 spiro atoms.